The van der Waals surface area contributed by atoms with Gasteiger partial charge in [-0.05, 0) is 92.3 Å². The summed E-state index contributed by atoms with van der Waals surface area (Å²) in [6.07, 6.45) is 0. The molecule has 0 aliphatic carbocycles. The minimum absolute atomic E-state index is 1.15. The molecule has 0 aliphatic heterocycles. The molecule has 0 saturated carbocycles. The first-order valence-electron chi connectivity index (χ1n) is 17.9. The lowest BCUT2D eigenvalue weighted by molar-refractivity contribution is 1.17. The van der Waals surface area contributed by atoms with Crippen LogP contribution in [0.4, 0.5) is 0 Å². The number of rotatable bonds is 4. The van der Waals surface area contributed by atoms with Crippen LogP contribution >= 0.6 is 0 Å². The summed E-state index contributed by atoms with van der Waals surface area (Å²) < 4.78 is 4.85. The van der Waals surface area contributed by atoms with Crippen molar-refractivity contribution in [2.24, 2.45) is 0 Å². The largest absolute Gasteiger partial charge is 0.309 e. The second-order valence-corrected chi connectivity index (χ2v) is 13.7. The van der Waals surface area contributed by atoms with Crippen molar-refractivity contribution in [1.82, 2.24) is 9.13 Å². The summed E-state index contributed by atoms with van der Waals surface area (Å²) in [6, 6.07) is 70.9. The predicted molar refractivity (Wildman–Crippen MR) is 221 cm³/mol. The molecule has 0 amide bonds. The van der Waals surface area contributed by atoms with Gasteiger partial charge in [-0.3, -0.25) is 0 Å². The second kappa shape index (κ2) is 11.3. The number of hydrogen-bond acceptors (Lipinski definition) is 0. The zero-order chi connectivity index (χ0) is 34.2. The molecule has 0 spiro atoms. The molecule has 0 N–H and O–H groups in total. The lowest BCUT2D eigenvalue weighted by Gasteiger charge is -2.18. The second-order valence-electron chi connectivity index (χ2n) is 13.7. The lowest BCUT2D eigenvalue weighted by Crippen LogP contribution is -1.96. The van der Waals surface area contributed by atoms with E-state index in [2.05, 4.69) is 203 Å². The van der Waals surface area contributed by atoms with E-state index in [1.54, 1.807) is 0 Å². The maximum absolute atomic E-state index is 2.44. The highest BCUT2D eigenvalue weighted by Gasteiger charge is 2.19. The first kappa shape index (κ1) is 28.9. The van der Waals surface area contributed by atoms with E-state index in [9.17, 15) is 0 Å². The van der Waals surface area contributed by atoms with Gasteiger partial charge in [0.15, 0.2) is 0 Å². The predicted octanol–water partition coefficient (Wildman–Crippen LogP) is 13.5. The van der Waals surface area contributed by atoms with Crippen molar-refractivity contribution < 1.29 is 0 Å². The number of nitrogens with zero attached hydrogens (tertiary/aromatic N) is 2. The topological polar surface area (TPSA) is 9.86 Å². The molecule has 2 heterocycles. The molecule has 52 heavy (non-hydrogen) atoms. The van der Waals surface area contributed by atoms with E-state index in [0.29, 0.717) is 0 Å². The monoisotopic (exact) mass is 660 g/mol. The lowest BCUT2D eigenvalue weighted by atomic mass is 9.86. The van der Waals surface area contributed by atoms with E-state index in [1.165, 1.54) is 87.4 Å². The summed E-state index contributed by atoms with van der Waals surface area (Å²) in [5, 5.41) is 10.1. The molecule has 2 nitrogen and oxygen atoms in total. The van der Waals surface area contributed by atoms with Gasteiger partial charge in [0.25, 0.3) is 0 Å². The third kappa shape index (κ3) is 4.19. The van der Waals surface area contributed by atoms with Crippen molar-refractivity contribution in [2.45, 2.75) is 0 Å². The smallest absolute Gasteiger partial charge is 0.0542 e. The molecule has 9 aromatic carbocycles. The molecule has 0 radical (unpaired) electrons. The van der Waals surface area contributed by atoms with Crippen LogP contribution in [0.15, 0.2) is 194 Å². The Morgan fingerprint density at radius 1 is 0.231 bits per heavy atom. The normalized spacial score (nSPS) is 11.8. The van der Waals surface area contributed by atoms with Crippen LogP contribution in [0.2, 0.25) is 0 Å². The first-order chi connectivity index (χ1) is 25.8. The van der Waals surface area contributed by atoms with E-state index in [1.807, 2.05) is 0 Å². The fourth-order valence-corrected chi connectivity index (χ4v) is 8.73. The Morgan fingerprint density at radius 3 is 1.15 bits per heavy atom. The highest BCUT2D eigenvalue weighted by molar-refractivity contribution is 6.21. The van der Waals surface area contributed by atoms with Crippen molar-refractivity contribution in [3.8, 4) is 33.6 Å². The van der Waals surface area contributed by atoms with Gasteiger partial charge in [0.05, 0.1) is 22.1 Å². The fourth-order valence-electron chi connectivity index (χ4n) is 8.73. The Bertz CT molecular complexity index is 3070. The quantitative estimate of drug-likeness (QED) is 0.166. The molecule has 11 aromatic rings. The van der Waals surface area contributed by atoms with Gasteiger partial charge < -0.3 is 9.13 Å². The summed E-state index contributed by atoms with van der Waals surface area (Å²) in [4.78, 5) is 0. The van der Waals surface area contributed by atoms with Gasteiger partial charge in [0.2, 0.25) is 0 Å². The van der Waals surface area contributed by atoms with Gasteiger partial charge in [-0.15, -0.1) is 0 Å². The Labute approximate surface area is 301 Å². The molecular weight excluding hydrogens is 629 g/mol. The average Bonchev–Trinajstić information content (AvgIpc) is 3.73. The summed E-state index contributed by atoms with van der Waals surface area (Å²) >= 11 is 0. The fraction of sp³-hybridized carbons (Fsp3) is 0. The minimum Gasteiger partial charge on any atom is -0.309 e. The summed E-state index contributed by atoms with van der Waals surface area (Å²) in [5.41, 5.74) is 12.1. The summed E-state index contributed by atoms with van der Waals surface area (Å²) in [6.45, 7) is 0. The average molecular weight is 661 g/mol. The van der Waals surface area contributed by atoms with Crippen molar-refractivity contribution >= 4 is 65.2 Å². The molecule has 242 valence electrons. The third-order valence-electron chi connectivity index (χ3n) is 10.9. The van der Waals surface area contributed by atoms with E-state index in [4.69, 9.17) is 0 Å². The maximum atomic E-state index is 2.44. The van der Waals surface area contributed by atoms with Crippen LogP contribution in [0.1, 0.15) is 0 Å². The van der Waals surface area contributed by atoms with Gasteiger partial charge >= 0.3 is 0 Å². The zero-order valence-electron chi connectivity index (χ0n) is 28.4. The minimum atomic E-state index is 1.15. The van der Waals surface area contributed by atoms with Crippen LogP contribution in [0.3, 0.4) is 0 Å². The molecule has 0 unspecified atom stereocenters. The molecule has 0 aliphatic rings. The molecular formula is C50H32N2. The van der Waals surface area contributed by atoms with E-state index in [0.717, 1.165) is 11.4 Å². The van der Waals surface area contributed by atoms with Gasteiger partial charge in [-0.1, -0.05) is 146 Å². The number of para-hydroxylation sites is 3. The van der Waals surface area contributed by atoms with Crippen molar-refractivity contribution in [3.63, 3.8) is 0 Å². The SMILES string of the molecule is c1ccc(-c2c3ccccc3c(-c3cccc(-n4c5ccccc5c5cc(-n6c7ccccc7c7ccccc76)ccc54)c3)c3ccccc23)cc1. The highest BCUT2D eigenvalue weighted by Crippen LogP contribution is 2.44. The van der Waals surface area contributed by atoms with Crippen molar-refractivity contribution in [3.05, 3.63) is 194 Å². The molecule has 0 atom stereocenters. The molecule has 0 fully saturated rings. The van der Waals surface area contributed by atoms with Crippen LogP contribution in [-0.4, -0.2) is 9.13 Å². The summed E-state index contributed by atoms with van der Waals surface area (Å²) in [7, 11) is 0. The Hall–Kier alpha value is -6.90. The number of hydrogen-bond donors (Lipinski definition) is 0. The van der Waals surface area contributed by atoms with Gasteiger partial charge in [-0.2, -0.15) is 0 Å². The van der Waals surface area contributed by atoms with Gasteiger partial charge in [-0.25, -0.2) is 0 Å². The van der Waals surface area contributed by atoms with Crippen LogP contribution in [0.5, 0.6) is 0 Å². The van der Waals surface area contributed by atoms with Gasteiger partial charge in [0.1, 0.15) is 0 Å². The maximum Gasteiger partial charge on any atom is 0.0542 e. The van der Waals surface area contributed by atoms with Crippen LogP contribution in [0.25, 0.3) is 98.8 Å². The first-order valence-corrected chi connectivity index (χ1v) is 17.9. The third-order valence-corrected chi connectivity index (χ3v) is 10.9. The molecule has 0 bridgehead atoms. The Morgan fingerprint density at radius 2 is 0.615 bits per heavy atom. The highest BCUT2D eigenvalue weighted by atomic mass is 15.0. The molecule has 2 heteroatoms. The zero-order valence-corrected chi connectivity index (χ0v) is 28.4. The van der Waals surface area contributed by atoms with Crippen molar-refractivity contribution in [1.29, 1.82) is 0 Å². The number of aromatic nitrogens is 2. The molecule has 2 aromatic heterocycles. The van der Waals surface area contributed by atoms with Crippen molar-refractivity contribution in [2.75, 3.05) is 0 Å². The number of benzene rings is 9. The van der Waals surface area contributed by atoms with E-state index < -0.39 is 0 Å². The number of fused-ring (bicyclic) bond motifs is 8. The van der Waals surface area contributed by atoms with Gasteiger partial charge in [0, 0.05) is 32.9 Å². The summed E-state index contributed by atoms with van der Waals surface area (Å²) in [5.74, 6) is 0. The Balaban J connectivity index is 1.15. The standard InChI is InChI=1S/C50H32N2/c1-2-15-33(16-3-1)49-40-22-4-6-24-42(40)50(43-25-7-5-23-41(43)49)34-17-14-18-35(31-34)51-47-28-13-10-21-39(47)44-32-36(29-30-48(44)51)52-45-26-11-8-19-37(45)38-20-9-12-27-46(38)52/h1-32H. The van der Waals surface area contributed by atoms with Crippen LogP contribution in [-0.2, 0) is 0 Å². The molecule has 0 saturated heterocycles. The van der Waals surface area contributed by atoms with E-state index >= 15 is 0 Å². The van der Waals surface area contributed by atoms with Crippen LogP contribution < -0.4 is 0 Å². The van der Waals surface area contributed by atoms with E-state index in [-0.39, 0.29) is 0 Å². The van der Waals surface area contributed by atoms with Crippen LogP contribution in [0, 0.1) is 0 Å². The molecule has 11 rings (SSSR count). The Kier molecular flexibility index (Phi) is 6.28.